The van der Waals surface area contributed by atoms with E-state index in [4.69, 9.17) is 4.74 Å². The Bertz CT molecular complexity index is 195. The number of hydrogen-bond acceptors (Lipinski definition) is 3. The van der Waals surface area contributed by atoms with Crippen molar-refractivity contribution in [2.45, 2.75) is 43.7 Å². The standard InChI is InChI=1S/C9H15NO2/c1-12-8(11)9(5-2-6-9)10-7-3-4-7/h7,10H,2-6H2,1H3. The Kier molecular flexibility index (Phi) is 1.83. The first-order valence-corrected chi connectivity index (χ1v) is 4.63. The highest BCUT2D eigenvalue weighted by Crippen LogP contribution is 2.36. The van der Waals surface area contributed by atoms with Gasteiger partial charge in [-0.1, -0.05) is 0 Å². The normalized spacial score (nSPS) is 26.1. The minimum atomic E-state index is -0.296. The van der Waals surface area contributed by atoms with Gasteiger partial charge < -0.3 is 4.74 Å². The molecule has 0 aliphatic heterocycles. The molecular formula is C9H15NO2. The molecule has 12 heavy (non-hydrogen) atoms. The number of rotatable bonds is 3. The predicted octanol–water partition coefficient (Wildman–Crippen LogP) is 0.834. The molecule has 0 aromatic rings. The molecule has 0 amide bonds. The van der Waals surface area contributed by atoms with Crippen LogP contribution in [0.4, 0.5) is 0 Å². The van der Waals surface area contributed by atoms with Gasteiger partial charge in [0.05, 0.1) is 7.11 Å². The number of ether oxygens (including phenoxy) is 1. The largest absolute Gasteiger partial charge is 0.468 e. The quantitative estimate of drug-likeness (QED) is 0.636. The summed E-state index contributed by atoms with van der Waals surface area (Å²) in [5.41, 5.74) is -0.296. The maximum atomic E-state index is 11.4. The third-order valence-electron chi connectivity index (χ3n) is 2.84. The summed E-state index contributed by atoms with van der Waals surface area (Å²) < 4.78 is 4.78. The molecule has 3 nitrogen and oxygen atoms in total. The average molecular weight is 169 g/mol. The van der Waals surface area contributed by atoms with Crippen LogP contribution >= 0.6 is 0 Å². The van der Waals surface area contributed by atoms with E-state index in [2.05, 4.69) is 5.32 Å². The number of esters is 1. The Balaban J connectivity index is 1.96. The lowest BCUT2D eigenvalue weighted by Gasteiger charge is -2.39. The summed E-state index contributed by atoms with van der Waals surface area (Å²) in [5.74, 6) is -0.0688. The summed E-state index contributed by atoms with van der Waals surface area (Å²) in [7, 11) is 1.47. The van der Waals surface area contributed by atoms with Crippen LogP contribution in [-0.2, 0) is 9.53 Å². The third-order valence-corrected chi connectivity index (χ3v) is 2.84. The first-order valence-electron chi connectivity index (χ1n) is 4.63. The van der Waals surface area contributed by atoms with Crippen molar-refractivity contribution < 1.29 is 9.53 Å². The van der Waals surface area contributed by atoms with Crippen molar-refractivity contribution in [2.24, 2.45) is 0 Å². The maximum absolute atomic E-state index is 11.4. The molecule has 2 rings (SSSR count). The fraction of sp³-hybridized carbons (Fsp3) is 0.889. The van der Waals surface area contributed by atoms with E-state index in [1.807, 2.05) is 0 Å². The van der Waals surface area contributed by atoms with E-state index < -0.39 is 0 Å². The first-order chi connectivity index (χ1) is 5.77. The van der Waals surface area contributed by atoms with Crippen molar-refractivity contribution >= 4 is 5.97 Å². The second-order valence-electron chi connectivity index (χ2n) is 3.85. The molecule has 2 fully saturated rings. The molecule has 2 aliphatic rings. The molecule has 0 aromatic heterocycles. The highest BCUT2D eigenvalue weighted by molar-refractivity contribution is 5.82. The van der Waals surface area contributed by atoms with E-state index in [-0.39, 0.29) is 11.5 Å². The van der Waals surface area contributed by atoms with Gasteiger partial charge in [0.1, 0.15) is 5.54 Å². The minimum Gasteiger partial charge on any atom is -0.468 e. The van der Waals surface area contributed by atoms with Crippen molar-refractivity contribution in [3.8, 4) is 0 Å². The second-order valence-corrected chi connectivity index (χ2v) is 3.85. The Labute approximate surface area is 72.5 Å². The average Bonchev–Trinajstić information content (AvgIpc) is 2.78. The minimum absolute atomic E-state index is 0.0688. The molecule has 1 N–H and O–H groups in total. The zero-order valence-corrected chi connectivity index (χ0v) is 7.43. The summed E-state index contributed by atoms with van der Waals surface area (Å²) >= 11 is 0. The van der Waals surface area contributed by atoms with Crippen LogP contribution in [0, 0.1) is 0 Å². The third kappa shape index (κ3) is 1.22. The highest BCUT2D eigenvalue weighted by Gasteiger charge is 2.47. The van der Waals surface area contributed by atoms with Crippen LogP contribution in [0.1, 0.15) is 32.1 Å². The summed E-state index contributed by atoms with van der Waals surface area (Å²) in [6.07, 6.45) is 5.50. The number of methoxy groups -OCH3 is 1. The van der Waals surface area contributed by atoms with E-state index >= 15 is 0 Å². The van der Waals surface area contributed by atoms with E-state index in [9.17, 15) is 4.79 Å². The Hall–Kier alpha value is -0.570. The lowest BCUT2D eigenvalue weighted by atomic mass is 9.76. The fourth-order valence-electron chi connectivity index (χ4n) is 1.75. The maximum Gasteiger partial charge on any atom is 0.326 e. The smallest absolute Gasteiger partial charge is 0.326 e. The van der Waals surface area contributed by atoms with E-state index in [1.165, 1.54) is 20.0 Å². The summed E-state index contributed by atoms with van der Waals surface area (Å²) in [4.78, 5) is 11.4. The van der Waals surface area contributed by atoms with Crippen LogP contribution in [0.25, 0.3) is 0 Å². The van der Waals surface area contributed by atoms with Crippen molar-refractivity contribution in [3.05, 3.63) is 0 Å². The lowest BCUT2D eigenvalue weighted by molar-refractivity contribution is -0.152. The monoisotopic (exact) mass is 169 g/mol. The van der Waals surface area contributed by atoms with E-state index in [0.29, 0.717) is 6.04 Å². The second kappa shape index (κ2) is 2.73. The summed E-state index contributed by atoms with van der Waals surface area (Å²) in [6.45, 7) is 0. The summed E-state index contributed by atoms with van der Waals surface area (Å²) in [5, 5.41) is 3.38. The Morgan fingerprint density at radius 3 is 2.50 bits per heavy atom. The lowest BCUT2D eigenvalue weighted by Crippen LogP contribution is -2.58. The predicted molar refractivity (Wildman–Crippen MR) is 44.8 cm³/mol. The van der Waals surface area contributed by atoms with Gasteiger partial charge in [0, 0.05) is 6.04 Å². The molecule has 0 aromatic carbocycles. The number of carbonyl (C=O) groups is 1. The van der Waals surface area contributed by atoms with Gasteiger partial charge in [-0.2, -0.15) is 0 Å². The molecular weight excluding hydrogens is 154 g/mol. The zero-order valence-electron chi connectivity index (χ0n) is 7.43. The molecule has 0 heterocycles. The molecule has 2 saturated carbocycles. The number of carbonyl (C=O) groups excluding carboxylic acids is 1. The van der Waals surface area contributed by atoms with Crippen LogP contribution in [0.15, 0.2) is 0 Å². The van der Waals surface area contributed by atoms with Crippen LogP contribution in [0.3, 0.4) is 0 Å². The van der Waals surface area contributed by atoms with Gasteiger partial charge in [-0.05, 0) is 32.1 Å². The highest BCUT2D eigenvalue weighted by atomic mass is 16.5. The van der Waals surface area contributed by atoms with E-state index in [0.717, 1.165) is 19.3 Å². The van der Waals surface area contributed by atoms with Crippen LogP contribution in [0.2, 0.25) is 0 Å². The van der Waals surface area contributed by atoms with Crippen LogP contribution in [-0.4, -0.2) is 24.7 Å². The van der Waals surface area contributed by atoms with Crippen molar-refractivity contribution in [2.75, 3.05) is 7.11 Å². The van der Waals surface area contributed by atoms with Gasteiger partial charge in [-0.15, -0.1) is 0 Å². The van der Waals surface area contributed by atoms with Gasteiger partial charge in [0.2, 0.25) is 0 Å². The molecule has 0 radical (unpaired) electrons. The first kappa shape index (κ1) is 8.05. The molecule has 0 spiro atoms. The Morgan fingerprint density at radius 2 is 2.17 bits per heavy atom. The molecule has 2 aliphatic carbocycles. The van der Waals surface area contributed by atoms with Gasteiger partial charge in [-0.25, -0.2) is 0 Å². The fourth-order valence-corrected chi connectivity index (χ4v) is 1.75. The molecule has 0 bridgehead atoms. The Morgan fingerprint density at radius 1 is 1.50 bits per heavy atom. The van der Waals surface area contributed by atoms with Crippen LogP contribution in [0.5, 0.6) is 0 Å². The molecule has 68 valence electrons. The number of nitrogens with one attached hydrogen (secondary N) is 1. The van der Waals surface area contributed by atoms with E-state index in [1.54, 1.807) is 0 Å². The van der Waals surface area contributed by atoms with Crippen molar-refractivity contribution in [1.82, 2.24) is 5.32 Å². The zero-order chi connectivity index (χ0) is 8.60. The molecule has 3 heteroatoms. The van der Waals surface area contributed by atoms with Gasteiger partial charge in [0.15, 0.2) is 0 Å². The van der Waals surface area contributed by atoms with Crippen molar-refractivity contribution in [1.29, 1.82) is 0 Å². The van der Waals surface area contributed by atoms with Crippen LogP contribution < -0.4 is 5.32 Å². The molecule has 0 saturated heterocycles. The van der Waals surface area contributed by atoms with Crippen molar-refractivity contribution in [3.63, 3.8) is 0 Å². The van der Waals surface area contributed by atoms with Gasteiger partial charge >= 0.3 is 5.97 Å². The van der Waals surface area contributed by atoms with Gasteiger partial charge in [0.25, 0.3) is 0 Å². The molecule has 0 unspecified atom stereocenters. The topological polar surface area (TPSA) is 38.3 Å². The number of hydrogen-bond donors (Lipinski definition) is 1. The molecule has 0 atom stereocenters. The summed E-state index contributed by atoms with van der Waals surface area (Å²) in [6, 6.07) is 0.587. The SMILES string of the molecule is COC(=O)C1(NC2CC2)CCC1. The van der Waals surface area contributed by atoms with Gasteiger partial charge in [-0.3, -0.25) is 10.1 Å².